The highest BCUT2D eigenvalue weighted by atomic mass is 35.5. The van der Waals surface area contributed by atoms with Gasteiger partial charge < -0.3 is 5.11 Å². The Bertz CT molecular complexity index is 429. The molecule has 0 saturated heterocycles. The van der Waals surface area contributed by atoms with Crippen LogP contribution in [0.3, 0.4) is 0 Å². The molecule has 0 heterocycles. The lowest BCUT2D eigenvalue weighted by Gasteiger charge is -2.11. The minimum absolute atomic E-state index is 0.267. The summed E-state index contributed by atoms with van der Waals surface area (Å²) in [7, 11) is 0. The first-order valence-corrected chi connectivity index (χ1v) is 4.87. The van der Waals surface area contributed by atoms with Gasteiger partial charge in [0.25, 0.3) is 0 Å². The molecular weight excluding hydrogens is 268 g/mol. The van der Waals surface area contributed by atoms with Crippen LogP contribution < -0.4 is 0 Å². The number of ketones is 1. The second-order valence-corrected chi connectivity index (χ2v) is 3.58. The first kappa shape index (κ1) is 13.1. The van der Waals surface area contributed by atoms with Crippen molar-refractivity contribution in [3.63, 3.8) is 0 Å². The zero-order valence-electron chi connectivity index (χ0n) is 7.61. The number of phenols is 1. The number of carbonyl (C=O) groups is 1. The molecule has 0 bridgehead atoms. The van der Waals surface area contributed by atoms with Gasteiger partial charge in [0, 0.05) is 5.56 Å². The van der Waals surface area contributed by atoms with Gasteiger partial charge in [-0.2, -0.15) is 13.2 Å². The molecule has 0 radical (unpaired) electrons. The van der Waals surface area contributed by atoms with Crippen LogP contribution in [0.1, 0.15) is 15.9 Å². The summed E-state index contributed by atoms with van der Waals surface area (Å²) in [5, 5.41) is 8.79. The van der Waals surface area contributed by atoms with Gasteiger partial charge in [0.2, 0.25) is 0 Å². The van der Waals surface area contributed by atoms with Crippen LogP contribution in [0.4, 0.5) is 13.2 Å². The third-order valence-corrected chi connectivity index (χ3v) is 2.37. The van der Waals surface area contributed by atoms with Crippen LogP contribution in [-0.4, -0.2) is 16.8 Å². The summed E-state index contributed by atoms with van der Waals surface area (Å²) in [5.74, 6) is -2.25. The molecule has 1 aromatic carbocycles. The third-order valence-electron chi connectivity index (χ3n) is 1.81. The first-order chi connectivity index (χ1) is 7.27. The molecule has 1 aromatic rings. The van der Waals surface area contributed by atoms with Gasteiger partial charge in [-0.25, -0.2) is 0 Å². The monoisotopic (exact) mass is 272 g/mol. The molecule has 0 spiro atoms. The summed E-state index contributed by atoms with van der Waals surface area (Å²) >= 11 is 10.7. The fourth-order valence-corrected chi connectivity index (χ4v) is 1.48. The number of alkyl halides is 4. The number of aromatic hydroxyl groups is 1. The van der Waals surface area contributed by atoms with Crippen molar-refractivity contribution in [2.45, 2.75) is 6.18 Å². The van der Waals surface area contributed by atoms with Crippen molar-refractivity contribution in [3.05, 3.63) is 28.3 Å². The standard InChI is InChI=1S/C9H5Cl2F3O2/c10-3-8(16)4-1-5(9(12,13)14)7(15)2-6(4)11/h1-2,15H,3H2. The highest BCUT2D eigenvalue weighted by Gasteiger charge is 2.35. The Hall–Kier alpha value is -0.940. The predicted octanol–water partition coefficient (Wildman–Crippen LogP) is 3.49. The van der Waals surface area contributed by atoms with Crippen LogP contribution in [0, 0.1) is 0 Å². The van der Waals surface area contributed by atoms with Gasteiger partial charge >= 0.3 is 6.18 Å². The Labute approximate surface area is 98.6 Å². The van der Waals surface area contributed by atoms with Crippen molar-refractivity contribution in [2.75, 3.05) is 5.88 Å². The second-order valence-electron chi connectivity index (χ2n) is 2.90. The Morgan fingerprint density at radius 1 is 1.38 bits per heavy atom. The van der Waals surface area contributed by atoms with Gasteiger partial charge in [-0.3, -0.25) is 4.79 Å². The average molecular weight is 273 g/mol. The van der Waals surface area contributed by atoms with Crippen LogP contribution in [0.2, 0.25) is 5.02 Å². The van der Waals surface area contributed by atoms with Gasteiger partial charge in [-0.05, 0) is 12.1 Å². The lowest BCUT2D eigenvalue weighted by atomic mass is 10.1. The largest absolute Gasteiger partial charge is 0.507 e. The maximum absolute atomic E-state index is 12.4. The Morgan fingerprint density at radius 2 is 1.94 bits per heavy atom. The van der Waals surface area contributed by atoms with E-state index in [1.54, 1.807) is 0 Å². The highest BCUT2D eigenvalue weighted by molar-refractivity contribution is 6.37. The summed E-state index contributed by atoms with van der Waals surface area (Å²) in [6.45, 7) is 0. The smallest absolute Gasteiger partial charge is 0.419 e. The molecule has 2 nitrogen and oxygen atoms in total. The van der Waals surface area contributed by atoms with Crippen LogP contribution >= 0.6 is 23.2 Å². The minimum atomic E-state index is -4.75. The first-order valence-electron chi connectivity index (χ1n) is 3.96. The molecule has 0 aliphatic heterocycles. The van der Waals surface area contributed by atoms with Crippen LogP contribution in [0.15, 0.2) is 12.1 Å². The average Bonchev–Trinajstić information content (AvgIpc) is 2.14. The van der Waals surface area contributed by atoms with E-state index in [4.69, 9.17) is 28.3 Å². The fourth-order valence-electron chi connectivity index (χ4n) is 1.08. The maximum Gasteiger partial charge on any atom is 0.419 e. The molecule has 0 aliphatic carbocycles. The van der Waals surface area contributed by atoms with E-state index in [1.807, 2.05) is 0 Å². The molecule has 0 atom stereocenters. The molecule has 88 valence electrons. The summed E-state index contributed by atoms with van der Waals surface area (Å²) in [6.07, 6.45) is -4.75. The fraction of sp³-hybridized carbons (Fsp3) is 0.222. The highest BCUT2D eigenvalue weighted by Crippen LogP contribution is 2.38. The number of rotatable bonds is 2. The van der Waals surface area contributed by atoms with E-state index in [0.717, 1.165) is 0 Å². The van der Waals surface area contributed by atoms with Gasteiger partial charge in [0.15, 0.2) is 5.78 Å². The number of hydrogen-bond acceptors (Lipinski definition) is 2. The van der Waals surface area contributed by atoms with Crippen LogP contribution in [0.25, 0.3) is 0 Å². The molecule has 0 fully saturated rings. The van der Waals surface area contributed by atoms with E-state index in [-0.39, 0.29) is 10.6 Å². The SMILES string of the molecule is O=C(CCl)c1cc(C(F)(F)F)c(O)cc1Cl. The van der Waals surface area contributed by atoms with Gasteiger partial charge in [0.05, 0.1) is 16.5 Å². The van der Waals surface area contributed by atoms with Gasteiger partial charge in [0.1, 0.15) is 5.75 Å². The molecule has 0 saturated carbocycles. The van der Waals surface area contributed by atoms with Crippen LogP contribution in [-0.2, 0) is 6.18 Å². The molecule has 0 aromatic heterocycles. The van der Waals surface area contributed by atoms with E-state index >= 15 is 0 Å². The van der Waals surface area contributed by atoms with E-state index in [0.29, 0.717) is 12.1 Å². The van der Waals surface area contributed by atoms with E-state index in [1.165, 1.54) is 0 Å². The normalized spacial score (nSPS) is 11.6. The third kappa shape index (κ3) is 2.59. The van der Waals surface area contributed by atoms with Gasteiger partial charge in [-0.1, -0.05) is 11.6 Å². The molecule has 0 aliphatic rings. The zero-order valence-corrected chi connectivity index (χ0v) is 9.12. The Balaban J connectivity index is 3.39. The lowest BCUT2D eigenvalue weighted by Crippen LogP contribution is -2.09. The minimum Gasteiger partial charge on any atom is -0.507 e. The lowest BCUT2D eigenvalue weighted by molar-refractivity contribution is -0.138. The number of halogens is 5. The topological polar surface area (TPSA) is 37.3 Å². The molecule has 1 rings (SSSR count). The molecular formula is C9H5Cl2F3O2. The van der Waals surface area contributed by atoms with Crippen molar-refractivity contribution in [1.82, 2.24) is 0 Å². The number of carbonyl (C=O) groups excluding carboxylic acids is 1. The molecule has 0 amide bonds. The molecule has 7 heteroatoms. The number of Topliss-reactive ketones (excluding diaryl/α,β-unsaturated/α-hetero) is 1. The van der Waals surface area contributed by atoms with Crippen molar-refractivity contribution >= 4 is 29.0 Å². The Kier molecular flexibility index (Phi) is 3.70. The molecule has 0 unspecified atom stereocenters. The summed E-state index contributed by atoms with van der Waals surface area (Å²) in [5.41, 5.74) is -1.67. The van der Waals surface area contributed by atoms with Crippen molar-refractivity contribution in [3.8, 4) is 5.75 Å². The number of benzene rings is 1. The van der Waals surface area contributed by atoms with Crippen molar-refractivity contribution in [2.24, 2.45) is 0 Å². The van der Waals surface area contributed by atoms with Crippen LogP contribution in [0.5, 0.6) is 5.75 Å². The quantitative estimate of drug-likeness (QED) is 0.661. The van der Waals surface area contributed by atoms with Crippen molar-refractivity contribution in [1.29, 1.82) is 0 Å². The predicted molar refractivity (Wildman–Crippen MR) is 53.2 cm³/mol. The maximum atomic E-state index is 12.4. The van der Waals surface area contributed by atoms with E-state index in [2.05, 4.69) is 0 Å². The van der Waals surface area contributed by atoms with Crippen molar-refractivity contribution < 1.29 is 23.1 Å². The van der Waals surface area contributed by atoms with E-state index < -0.39 is 29.2 Å². The molecule has 1 N–H and O–H groups in total. The summed E-state index contributed by atoms with van der Waals surface area (Å²) < 4.78 is 37.1. The van der Waals surface area contributed by atoms with E-state index in [9.17, 15) is 18.0 Å². The number of hydrogen-bond donors (Lipinski definition) is 1. The number of phenolic OH excluding ortho intramolecular Hbond substituents is 1. The Morgan fingerprint density at radius 3 is 2.38 bits per heavy atom. The van der Waals surface area contributed by atoms with Gasteiger partial charge in [-0.15, -0.1) is 11.6 Å². The summed E-state index contributed by atoms with van der Waals surface area (Å²) in [4.78, 5) is 11.2. The summed E-state index contributed by atoms with van der Waals surface area (Å²) in [6, 6.07) is 1.16. The second kappa shape index (κ2) is 4.51. The zero-order chi connectivity index (χ0) is 12.5. The molecule has 16 heavy (non-hydrogen) atoms.